The van der Waals surface area contributed by atoms with E-state index < -0.39 is 0 Å². The summed E-state index contributed by atoms with van der Waals surface area (Å²) in [5.41, 5.74) is 0.641. The Balaban J connectivity index is 2.45. The van der Waals surface area contributed by atoms with Crippen molar-refractivity contribution in [3.8, 4) is 0 Å². The van der Waals surface area contributed by atoms with Crippen LogP contribution in [-0.4, -0.2) is 17.5 Å². The summed E-state index contributed by atoms with van der Waals surface area (Å²) in [6.45, 7) is 0.0285. The highest BCUT2D eigenvalue weighted by Crippen LogP contribution is 2.22. The number of nitrogens with one attached hydrogen (secondary N) is 1. The molecule has 20 heavy (non-hydrogen) atoms. The van der Waals surface area contributed by atoms with Crippen molar-refractivity contribution < 1.29 is 4.79 Å². The summed E-state index contributed by atoms with van der Waals surface area (Å²) < 4.78 is 1.52. The number of hydrogen-bond donors (Lipinski definition) is 1. The fourth-order valence-electron chi connectivity index (χ4n) is 2.48. The molecule has 4 heteroatoms. The van der Waals surface area contributed by atoms with Gasteiger partial charge in [0.15, 0.2) is 0 Å². The molecule has 0 aliphatic rings. The number of pyridine rings is 1. The molecule has 0 aliphatic carbocycles. The first-order chi connectivity index (χ1) is 9.72. The molecule has 4 nitrogen and oxygen atoms in total. The van der Waals surface area contributed by atoms with Crippen molar-refractivity contribution in [1.29, 1.82) is 0 Å². The largest absolute Gasteiger partial charge is 0.358 e. The number of benzene rings is 2. The van der Waals surface area contributed by atoms with E-state index in [1.165, 1.54) is 4.57 Å². The van der Waals surface area contributed by atoms with Crippen molar-refractivity contribution in [2.24, 2.45) is 0 Å². The molecule has 0 saturated heterocycles. The molecule has 0 fully saturated rings. The van der Waals surface area contributed by atoms with Crippen LogP contribution in [-0.2, 0) is 11.3 Å². The van der Waals surface area contributed by atoms with Crippen LogP contribution in [0.15, 0.2) is 53.3 Å². The van der Waals surface area contributed by atoms with Gasteiger partial charge in [-0.2, -0.15) is 0 Å². The number of aromatic nitrogens is 1. The maximum atomic E-state index is 12.6. The summed E-state index contributed by atoms with van der Waals surface area (Å²) >= 11 is 0. The Kier molecular flexibility index (Phi) is 2.99. The standard InChI is InChI=1S/C16H14N2O2/c1-17-15(19)10-18-14-9-5-4-7-12(14)11-6-2-3-8-13(11)16(18)20/h2-9H,10H2,1H3,(H,17,19). The van der Waals surface area contributed by atoms with Crippen molar-refractivity contribution in [3.63, 3.8) is 0 Å². The van der Waals surface area contributed by atoms with Gasteiger partial charge in [-0.1, -0.05) is 36.4 Å². The minimum Gasteiger partial charge on any atom is -0.358 e. The molecule has 0 saturated carbocycles. The van der Waals surface area contributed by atoms with E-state index in [9.17, 15) is 9.59 Å². The van der Waals surface area contributed by atoms with Crippen LogP contribution in [0.25, 0.3) is 21.7 Å². The van der Waals surface area contributed by atoms with E-state index in [0.29, 0.717) is 5.39 Å². The van der Waals surface area contributed by atoms with Gasteiger partial charge < -0.3 is 5.32 Å². The molecule has 2 aromatic carbocycles. The van der Waals surface area contributed by atoms with Crippen LogP contribution in [0.3, 0.4) is 0 Å². The van der Waals surface area contributed by atoms with E-state index in [4.69, 9.17) is 0 Å². The number of para-hydroxylation sites is 1. The Labute approximate surface area is 115 Å². The summed E-state index contributed by atoms with van der Waals surface area (Å²) in [5.74, 6) is -0.187. The van der Waals surface area contributed by atoms with Crippen LogP contribution < -0.4 is 10.9 Å². The highest BCUT2D eigenvalue weighted by Gasteiger charge is 2.11. The Morgan fingerprint density at radius 3 is 2.30 bits per heavy atom. The number of carbonyl (C=O) groups is 1. The first-order valence-electron chi connectivity index (χ1n) is 6.43. The third kappa shape index (κ3) is 1.86. The molecule has 100 valence electrons. The topological polar surface area (TPSA) is 51.1 Å². The van der Waals surface area contributed by atoms with Crippen LogP contribution in [0, 0.1) is 0 Å². The third-order valence-corrected chi connectivity index (χ3v) is 3.47. The van der Waals surface area contributed by atoms with E-state index in [2.05, 4.69) is 5.32 Å². The van der Waals surface area contributed by atoms with Crippen LogP contribution in [0.1, 0.15) is 0 Å². The number of rotatable bonds is 2. The number of nitrogens with zero attached hydrogens (tertiary/aromatic N) is 1. The lowest BCUT2D eigenvalue weighted by molar-refractivity contribution is -0.121. The normalized spacial score (nSPS) is 10.8. The van der Waals surface area contributed by atoms with Crippen LogP contribution >= 0.6 is 0 Å². The van der Waals surface area contributed by atoms with E-state index in [1.54, 1.807) is 13.1 Å². The number of fused-ring (bicyclic) bond motifs is 3. The van der Waals surface area contributed by atoms with Crippen molar-refractivity contribution in [3.05, 3.63) is 58.9 Å². The second-order valence-corrected chi connectivity index (χ2v) is 4.63. The van der Waals surface area contributed by atoms with Gasteiger partial charge in [0.1, 0.15) is 6.54 Å². The van der Waals surface area contributed by atoms with Crippen molar-refractivity contribution in [2.45, 2.75) is 6.54 Å². The number of carbonyl (C=O) groups excluding carboxylic acids is 1. The number of amides is 1. The Bertz CT molecular complexity index is 865. The van der Waals surface area contributed by atoms with Gasteiger partial charge in [-0.15, -0.1) is 0 Å². The Morgan fingerprint density at radius 2 is 1.60 bits per heavy atom. The second-order valence-electron chi connectivity index (χ2n) is 4.63. The SMILES string of the molecule is CNC(=O)Cn1c(=O)c2ccccc2c2ccccc21. The predicted molar refractivity (Wildman–Crippen MR) is 79.8 cm³/mol. The summed E-state index contributed by atoms with van der Waals surface area (Å²) in [7, 11) is 1.57. The molecule has 3 rings (SSSR count). The minimum atomic E-state index is -0.187. The fourth-order valence-corrected chi connectivity index (χ4v) is 2.48. The highest BCUT2D eigenvalue weighted by atomic mass is 16.2. The molecule has 1 heterocycles. The van der Waals surface area contributed by atoms with Crippen molar-refractivity contribution >= 4 is 27.6 Å². The van der Waals surface area contributed by atoms with Crippen LogP contribution in [0.4, 0.5) is 0 Å². The van der Waals surface area contributed by atoms with E-state index in [1.807, 2.05) is 42.5 Å². The van der Waals surface area contributed by atoms with Crippen molar-refractivity contribution in [2.75, 3.05) is 7.05 Å². The molecule has 0 atom stereocenters. The molecule has 3 aromatic rings. The highest BCUT2D eigenvalue weighted by molar-refractivity contribution is 6.05. The molecule has 0 spiro atoms. The van der Waals surface area contributed by atoms with Crippen LogP contribution in [0.2, 0.25) is 0 Å². The van der Waals surface area contributed by atoms with Crippen molar-refractivity contribution in [1.82, 2.24) is 9.88 Å². The van der Waals surface area contributed by atoms with Crippen LogP contribution in [0.5, 0.6) is 0 Å². The summed E-state index contributed by atoms with van der Waals surface area (Å²) in [4.78, 5) is 24.2. The zero-order chi connectivity index (χ0) is 14.1. The van der Waals surface area contributed by atoms with E-state index in [0.717, 1.165) is 16.3 Å². The smallest absolute Gasteiger partial charge is 0.259 e. The quantitative estimate of drug-likeness (QED) is 0.720. The molecule has 0 bridgehead atoms. The molecule has 0 radical (unpaired) electrons. The molecule has 1 aromatic heterocycles. The molecule has 1 N–H and O–H groups in total. The average molecular weight is 266 g/mol. The average Bonchev–Trinajstić information content (AvgIpc) is 2.51. The molecule has 0 aliphatic heterocycles. The second kappa shape index (κ2) is 4.81. The lowest BCUT2D eigenvalue weighted by Gasteiger charge is -2.12. The van der Waals surface area contributed by atoms with E-state index in [-0.39, 0.29) is 18.0 Å². The Hall–Kier alpha value is -2.62. The third-order valence-electron chi connectivity index (χ3n) is 3.47. The van der Waals surface area contributed by atoms with Gasteiger partial charge in [0.2, 0.25) is 5.91 Å². The summed E-state index contributed by atoms with van der Waals surface area (Å²) in [6.07, 6.45) is 0. The molecular weight excluding hydrogens is 252 g/mol. The van der Waals surface area contributed by atoms with Gasteiger partial charge in [-0.25, -0.2) is 0 Å². The van der Waals surface area contributed by atoms with Gasteiger partial charge in [-0.05, 0) is 17.5 Å². The minimum absolute atomic E-state index is 0.0285. The fraction of sp³-hybridized carbons (Fsp3) is 0.125. The van der Waals surface area contributed by atoms with Gasteiger partial charge in [0, 0.05) is 17.8 Å². The first-order valence-corrected chi connectivity index (χ1v) is 6.43. The van der Waals surface area contributed by atoms with Gasteiger partial charge in [-0.3, -0.25) is 14.2 Å². The summed E-state index contributed by atoms with van der Waals surface area (Å²) in [6, 6.07) is 15.1. The molecular formula is C16H14N2O2. The Morgan fingerprint density at radius 1 is 1.00 bits per heavy atom. The lowest BCUT2D eigenvalue weighted by atomic mass is 10.1. The summed E-state index contributed by atoms with van der Waals surface area (Å²) in [5, 5.41) is 5.09. The molecule has 1 amide bonds. The zero-order valence-electron chi connectivity index (χ0n) is 11.1. The predicted octanol–water partition coefficient (Wildman–Crippen LogP) is 1.90. The maximum absolute atomic E-state index is 12.6. The lowest BCUT2D eigenvalue weighted by Crippen LogP contribution is -2.30. The zero-order valence-corrected chi connectivity index (χ0v) is 11.1. The first kappa shape index (κ1) is 12.4. The molecule has 0 unspecified atom stereocenters. The van der Waals surface area contributed by atoms with E-state index >= 15 is 0 Å². The number of hydrogen-bond acceptors (Lipinski definition) is 2. The van der Waals surface area contributed by atoms with Gasteiger partial charge >= 0.3 is 0 Å². The maximum Gasteiger partial charge on any atom is 0.259 e. The van der Waals surface area contributed by atoms with Gasteiger partial charge in [0.05, 0.1) is 5.52 Å². The number of likely N-dealkylation sites (N-methyl/N-ethyl adjacent to an activating group) is 1. The monoisotopic (exact) mass is 266 g/mol. The van der Waals surface area contributed by atoms with Gasteiger partial charge in [0.25, 0.3) is 5.56 Å².